The van der Waals surface area contributed by atoms with Crippen molar-refractivity contribution in [3.05, 3.63) is 47.7 Å². The molecule has 0 aliphatic carbocycles. The number of fused-ring (bicyclic) bond motifs is 2. The molecule has 0 radical (unpaired) electrons. The summed E-state index contributed by atoms with van der Waals surface area (Å²) in [5, 5.41) is 7.37. The van der Waals surface area contributed by atoms with E-state index < -0.39 is 0 Å². The fraction of sp³-hybridized carbons (Fsp3) is 0.316. The number of para-hydroxylation sites is 1. The molecule has 0 amide bonds. The minimum Gasteiger partial charge on any atom is -0.383 e. The molecule has 0 spiro atoms. The molecule has 3 heterocycles. The number of anilines is 2. The van der Waals surface area contributed by atoms with E-state index >= 15 is 0 Å². The molecular weight excluding hydrogens is 344 g/mol. The first-order chi connectivity index (χ1) is 12.8. The highest BCUT2D eigenvalue weighted by molar-refractivity contribution is 7.19. The van der Waals surface area contributed by atoms with Crippen molar-refractivity contribution in [1.29, 1.82) is 0 Å². The lowest BCUT2D eigenvalue weighted by Crippen LogP contribution is -2.18. The summed E-state index contributed by atoms with van der Waals surface area (Å²) in [6.45, 7) is 6.90. The maximum absolute atomic E-state index is 4.80. The van der Waals surface area contributed by atoms with E-state index in [1.165, 1.54) is 11.3 Å². The smallest absolute Gasteiger partial charge is 0.164 e. The van der Waals surface area contributed by atoms with E-state index in [2.05, 4.69) is 56.3 Å². The van der Waals surface area contributed by atoms with Crippen LogP contribution in [0, 0.1) is 0 Å². The van der Waals surface area contributed by atoms with Gasteiger partial charge in [0, 0.05) is 18.8 Å². The molecule has 4 rings (SSSR count). The summed E-state index contributed by atoms with van der Waals surface area (Å²) in [5.41, 5.74) is 4.26. The van der Waals surface area contributed by atoms with Crippen molar-refractivity contribution >= 4 is 38.9 Å². The van der Waals surface area contributed by atoms with Gasteiger partial charge in [-0.3, -0.25) is 0 Å². The first kappa shape index (κ1) is 16.9. The van der Waals surface area contributed by atoms with Gasteiger partial charge >= 0.3 is 0 Å². The topological polar surface area (TPSA) is 66.0 Å². The monoisotopic (exact) mass is 366 g/mol. The van der Waals surface area contributed by atoms with Crippen molar-refractivity contribution < 1.29 is 0 Å². The molecule has 2 aromatic heterocycles. The molecule has 2 N–H and O–H groups in total. The van der Waals surface area contributed by atoms with Gasteiger partial charge in [-0.15, -0.1) is 0 Å². The third-order valence-electron chi connectivity index (χ3n) is 4.52. The molecule has 7 heteroatoms. The SMILES string of the molecule is C=C(NCCCNC)c1nc2c(N3CCc4ccccc43)ncnc2s1. The Bertz CT molecular complexity index is 935. The van der Waals surface area contributed by atoms with Gasteiger partial charge in [0.05, 0.1) is 5.70 Å². The lowest BCUT2D eigenvalue weighted by molar-refractivity contribution is 0.698. The maximum atomic E-state index is 4.80. The number of hydrogen-bond acceptors (Lipinski definition) is 7. The van der Waals surface area contributed by atoms with Gasteiger partial charge in [0.1, 0.15) is 21.7 Å². The zero-order valence-electron chi connectivity index (χ0n) is 14.8. The first-order valence-corrected chi connectivity index (χ1v) is 9.64. The highest BCUT2D eigenvalue weighted by Crippen LogP contribution is 2.37. The highest BCUT2D eigenvalue weighted by Gasteiger charge is 2.24. The van der Waals surface area contributed by atoms with E-state index in [-0.39, 0.29) is 0 Å². The van der Waals surface area contributed by atoms with Crippen LogP contribution in [0.2, 0.25) is 0 Å². The van der Waals surface area contributed by atoms with E-state index in [1.54, 1.807) is 17.7 Å². The number of benzene rings is 1. The Labute approximate surface area is 157 Å². The molecular formula is C19H22N6S. The van der Waals surface area contributed by atoms with Crippen LogP contribution in [0.15, 0.2) is 37.2 Å². The van der Waals surface area contributed by atoms with E-state index in [1.807, 2.05) is 7.05 Å². The van der Waals surface area contributed by atoms with Crippen LogP contribution in [0.4, 0.5) is 11.5 Å². The van der Waals surface area contributed by atoms with Gasteiger partial charge in [0.2, 0.25) is 0 Å². The Morgan fingerprint density at radius 3 is 3.04 bits per heavy atom. The third-order valence-corrected chi connectivity index (χ3v) is 5.54. The van der Waals surface area contributed by atoms with Crippen LogP contribution >= 0.6 is 11.3 Å². The van der Waals surface area contributed by atoms with Gasteiger partial charge in [-0.25, -0.2) is 15.0 Å². The summed E-state index contributed by atoms with van der Waals surface area (Å²) >= 11 is 1.56. The number of hydrogen-bond donors (Lipinski definition) is 2. The van der Waals surface area contributed by atoms with E-state index in [0.29, 0.717) is 0 Å². The molecule has 0 atom stereocenters. The van der Waals surface area contributed by atoms with E-state index in [4.69, 9.17) is 4.98 Å². The van der Waals surface area contributed by atoms with Crippen LogP contribution in [0.5, 0.6) is 0 Å². The molecule has 0 unspecified atom stereocenters. The van der Waals surface area contributed by atoms with Crippen molar-refractivity contribution in [3.63, 3.8) is 0 Å². The van der Waals surface area contributed by atoms with Crippen molar-refractivity contribution in [2.75, 3.05) is 31.6 Å². The number of rotatable bonds is 7. The van der Waals surface area contributed by atoms with Crippen LogP contribution in [-0.2, 0) is 6.42 Å². The van der Waals surface area contributed by atoms with Gasteiger partial charge in [-0.1, -0.05) is 36.1 Å². The molecule has 6 nitrogen and oxygen atoms in total. The average molecular weight is 366 g/mol. The van der Waals surface area contributed by atoms with Gasteiger partial charge in [-0.2, -0.15) is 0 Å². The van der Waals surface area contributed by atoms with Gasteiger partial charge < -0.3 is 15.5 Å². The van der Waals surface area contributed by atoms with Crippen LogP contribution in [-0.4, -0.2) is 41.6 Å². The van der Waals surface area contributed by atoms with Crippen molar-refractivity contribution in [2.45, 2.75) is 12.8 Å². The Morgan fingerprint density at radius 2 is 2.15 bits per heavy atom. The maximum Gasteiger partial charge on any atom is 0.164 e. The Hall–Kier alpha value is -2.51. The predicted octanol–water partition coefficient (Wildman–Crippen LogP) is 2.95. The first-order valence-electron chi connectivity index (χ1n) is 8.82. The fourth-order valence-corrected chi connectivity index (χ4v) is 4.06. The largest absolute Gasteiger partial charge is 0.383 e. The van der Waals surface area contributed by atoms with Crippen molar-refractivity contribution in [3.8, 4) is 0 Å². The second-order valence-corrected chi connectivity index (χ2v) is 7.24. The third kappa shape index (κ3) is 3.15. The zero-order chi connectivity index (χ0) is 17.9. The van der Waals surface area contributed by atoms with E-state index in [0.717, 1.165) is 59.3 Å². The lowest BCUT2D eigenvalue weighted by atomic mass is 10.2. The minimum absolute atomic E-state index is 0.844. The Morgan fingerprint density at radius 1 is 1.27 bits per heavy atom. The second kappa shape index (κ2) is 7.39. The van der Waals surface area contributed by atoms with Gasteiger partial charge in [-0.05, 0) is 38.1 Å². The molecule has 134 valence electrons. The molecule has 1 aromatic carbocycles. The summed E-state index contributed by atoms with van der Waals surface area (Å²) in [6, 6.07) is 8.48. The van der Waals surface area contributed by atoms with E-state index in [9.17, 15) is 0 Å². The summed E-state index contributed by atoms with van der Waals surface area (Å²) in [5.74, 6) is 0.880. The standard InChI is InChI=1S/C19H22N6S/c1-13(21-10-5-9-20-2)18-24-16-17(22-12-23-19(16)26-18)25-11-8-14-6-3-4-7-15(14)25/h3-4,6-7,12,20-21H,1,5,8-11H2,2H3. The molecule has 0 bridgehead atoms. The Balaban J connectivity index is 1.62. The summed E-state index contributed by atoms with van der Waals surface area (Å²) in [4.78, 5) is 16.9. The quantitative estimate of drug-likeness (QED) is 0.627. The summed E-state index contributed by atoms with van der Waals surface area (Å²) < 4.78 is 0. The summed E-state index contributed by atoms with van der Waals surface area (Å²) in [7, 11) is 1.96. The predicted molar refractivity (Wildman–Crippen MR) is 108 cm³/mol. The molecule has 0 fully saturated rings. The molecule has 26 heavy (non-hydrogen) atoms. The van der Waals surface area contributed by atoms with Gasteiger partial charge in [0.15, 0.2) is 5.82 Å². The lowest BCUT2D eigenvalue weighted by Gasteiger charge is -2.18. The molecule has 1 aliphatic rings. The van der Waals surface area contributed by atoms with Crippen molar-refractivity contribution in [2.24, 2.45) is 0 Å². The molecule has 3 aromatic rings. The number of thiazole rings is 1. The molecule has 0 saturated heterocycles. The normalized spacial score (nSPS) is 13.2. The van der Waals surface area contributed by atoms with Crippen LogP contribution < -0.4 is 15.5 Å². The zero-order valence-corrected chi connectivity index (χ0v) is 15.6. The highest BCUT2D eigenvalue weighted by atomic mass is 32.1. The van der Waals surface area contributed by atoms with Crippen LogP contribution in [0.1, 0.15) is 17.0 Å². The number of nitrogens with one attached hydrogen (secondary N) is 2. The number of aromatic nitrogens is 3. The van der Waals surface area contributed by atoms with Crippen LogP contribution in [0.25, 0.3) is 16.0 Å². The fourth-order valence-electron chi connectivity index (χ4n) is 3.21. The van der Waals surface area contributed by atoms with Gasteiger partial charge in [0.25, 0.3) is 0 Å². The summed E-state index contributed by atoms with van der Waals surface area (Å²) in [6.07, 6.45) is 3.69. The Kier molecular flexibility index (Phi) is 4.81. The minimum atomic E-state index is 0.844. The second-order valence-electron chi connectivity index (χ2n) is 6.26. The van der Waals surface area contributed by atoms with Crippen LogP contribution in [0.3, 0.4) is 0 Å². The number of nitrogens with zero attached hydrogens (tertiary/aromatic N) is 4. The molecule has 1 aliphatic heterocycles. The molecule has 0 saturated carbocycles. The van der Waals surface area contributed by atoms with Crippen molar-refractivity contribution in [1.82, 2.24) is 25.6 Å². The average Bonchev–Trinajstić information content (AvgIpc) is 3.29.